The Morgan fingerprint density at radius 1 is 0.519 bits per heavy atom. The van der Waals surface area contributed by atoms with Crippen molar-refractivity contribution in [2.75, 3.05) is 23.7 Å². The molecule has 0 radical (unpaired) electrons. The van der Waals surface area contributed by atoms with E-state index in [1.54, 1.807) is 12.1 Å². The number of carbonyl (C=O) groups excluding carboxylic acids is 2. The van der Waals surface area contributed by atoms with Crippen molar-refractivity contribution in [2.24, 2.45) is 0 Å². The number of carbonyl (C=O) groups is 2. The van der Waals surface area contributed by atoms with Crippen LogP contribution in [-0.4, -0.2) is 37.4 Å². The molecule has 4 heterocycles. The van der Waals surface area contributed by atoms with Gasteiger partial charge in [0.1, 0.15) is 25.0 Å². The molecule has 54 heavy (non-hydrogen) atoms. The fraction of sp³-hybridized carbons (Fsp3) is 0.412. The van der Waals surface area contributed by atoms with E-state index < -0.39 is 47.8 Å². The van der Waals surface area contributed by atoms with E-state index in [1.807, 2.05) is 33.7 Å². The van der Waals surface area contributed by atoms with Gasteiger partial charge in [0.2, 0.25) is 11.0 Å². The molecule has 2 aliphatic rings. The molecule has 0 saturated carbocycles. The fourth-order valence-corrected chi connectivity index (χ4v) is 5.34. The third-order valence-electron chi connectivity index (χ3n) is 7.93. The number of hydrogen-bond donors (Lipinski definition) is 2. The number of carboxylic acid groups (broad SMARTS) is 2. The van der Waals surface area contributed by atoms with Crippen LogP contribution in [0, 0.1) is 0 Å². The van der Waals surface area contributed by atoms with Gasteiger partial charge in [0.25, 0.3) is 0 Å². The fourth-order valence-electron chi connectivity index (χ4n) is 5.34. The highest BCUT2D eigenvalue weighted by Gasteiger charge is 2.33. The Morgan fingerprint density at radius 3 is 1.17 bits per heavy atom. The maximum Gasteiger partial charge on any atom is 0.430 e. The number of aliphatic carboxylic acids is 2. The molecule has 20 heteroatoms. The maximum absolute atomic E-state index is 13.5. The molecule has 0 spiro atoms. The molecular formula is C34H32F12N4O4. The van der Waals surface area contributed by atoms with Gasteiger partial charge in [-0.2, -0.15) is 61.8 Å². The molecule has 0 amide bonds. The molecule has 2 aromatic heterocycles. The van der Waals surface area contributed by atoms with Crippen LogP contribution >= 0.6 is 0 Å². The van der Waals surface area contributed by atoms with Gasteiger partial charge in [0, 0.05) is 50.2 Å². The second kappa shape index (κ2) is 17.9. The van der Waals surface area contributed by atoms with Crippen molar-refractivity contribution in [3.63, 3.8) is 0 Å². The average Bonchev–Trinajstić information content (AvgIpc) is 3.06. The number of hydrogen-bond acceptors (Lipinski definition) is 6. The molecule has 0 atom stereocenters. The minimum atomic E-state index is -5.19. The monoisotopic (exact) mass is 788 g/mol. The summed E-state index contributed by atoms with van der Waals surface area (Å²) in [6, 6.07) is 11.5. The molecule has 6 rings (SSSR count). The highest BCUT2D eigenvalue weighted by atomic mass is 19.4. The zero-order valence-corrected chi connectivity index (χ0v) is 27.9. The molecule has 4 aromatic rings. The summed E-state index contributed by atoms with van der Waals surface area (Å²) in [5, 5.41) is 25.3. The lowest BCUT2D eigenvalue weighted by atomic mass is 10.1. The van der Waals surface area contributed by atoms with Crippen LogP contribution in [0.3, 0.4) is 0 Å². The number of pyridine rings is 2. The Labute approximate surface area is 299 Å². The molecule has 0 aliphatic carbocycles. The molecule has 2 N–H and O–H groups in total. The number of fused-ring (bicyclic) bond motifs is 12. The molecule has 2 aliphatic heterocycles. The van der Waals surface area contributed by atoms with Crippen LogP contribution in [-0.2, 0) is 35.0 Å². The quantitative estimate of drug-likeness (QED) is 0.165. The van der Waals surface area contributed by atoms with Crippen LogP contribution < -0.4 is 30.0 Å². The Morgan fingerprint density at radius 2 is 0.852 bits per heavy atom. The summed E-state index contributed by atoms with van der Waals surface area (Å²) in [6.07, 6.45) is -10.5. The van der Waals surface area contributed by atoms with Crippen LogP contribution in [0.15, 0.2) is 60.9 Å². The summed E-state index contributed by atoms with van der Waals surface area (Å²) in [5.41, 5.74) is 1.50. The maximum atomic E-state index is 13.5. The number of anilines is 2. The van der Waals surface area contributed by atoms with Gasteiger partial charge in [-0.1, -0.05) is 0 Å². The molecule has 8 nitrogen and oxygen atoms in total. The van der Waals surface area contributed by atoms with Crippen LogP contribution in [0.1, 0.15) is 49.7 Å². The highest BCUT2D eigenvalue weighted by molar-refractivity contribution is 5.90. The molecule has 4 bridgehead atoms. The standard InChI is InChI=1S/C30H30F6N4.2C2HF3O2/c31-29(32,33)21-7-9-27-23(19-21)25-11-17-39(27)15-5-2-6-16-40-18-12-26(38-14-4-1-3-13-37-25)24-20-22(30(34,35)36)8-10-28(24)40;2*3-2(4,5)1(6)7/h7-12,17-20H,1-6,13-16H2;2*(H,6,7). The number of halogens is 12. The summed E-state index contributed by atoms with van der Waals surface area (Å²) in [7, 11) is 0. The predicted molar refractivity (Wildman–Crippen MR) is 165 cm³/mol. The lowest BCUT2D eigenvalue weighted by molar-refractivity contribution is -0.675. The third-order valence-corrected chi connectivity index (χ3v) is 7.93. The number of carboxylic acids is 2. The first-order valence-corrected chi connectivity index (χ1v) is 16.1. The van der Waals surface area contributed by atoms with Crippen LogP contribution in [0.25, 0.3) is 21.8 Å². The number of benzene rings is 2. The topological polar surface area (TPSA) is 112 Å². The van der Waals surface area contributed by atoms with E-state index in [-0.39, 0.29) is 0 Å². The third kappa shape index (κ3) is 12.5. The Kier molecular flexibility index (Phi) is 14.3. The molecule has 2 aromatic carbocycles. The zero-order chi connectivity index (χ0) is 40.5. The average molecular weight is 789 g/mol. The normalized spacial score (nSPS) is 14.9. The van der Waals surface area contributed by atoms with E-state index in [4.69, 9.17) is 19.8 Å². The number of nitrogens with one attached hydrogen (secondary N) is 2. The van der Waals surface area contributed by atoms with E-state index in [9.17, 15) is 52.7 Å². The molecule has 0 fully saturated rings. The Balaban J connectivity index is 0.000000476. The van der Waals surface area contributed by atoms with E-state index in [0.29, 0.717) is 48.3 Å². The number of aryl methyl sites for hydroxylation is 2. The molecule has 296 valence electrons. The van der Waals surface area contributed by atoms with Gasteiger partial charge < -0.3 is 30.4 Å². The second-order valence-electron chi connectivity index (χ2n) is 11.9. The summed E-state index contributed by atoms with van der Waals surface area (Å²) in [5.74, 6) is -6.01. The first-order chi connectivity index (χ1) is 25.0. The molecule has 0 unspecified atom stereocenters. The van der Waals surface area contributed by atoms with Crippen molar-refractivity contribution in [1.82, 2.24) is 0 Å². The van der Waals surface area contributed by atoms with Crippen molar-refractivity contribution in [3.8, 4) is 0 Å². The predicted octanol–water partition coefficient (Wildman–Crippen LogP) is 6.08. The van der Waals surface area contributed by atoms with Crippen LogP contribution in [0.4, 0.5) is 64.1 Å². The van der Waals surface area contributed by atoms with E-state index in [0.717, 1.165) is 61.7 Å². The van der Waals surface area contributed by atoms with E-state index in [2.05, 4.69) is 10.6 Å². The first kappa shape index (κ1) is 43.4. The van der Waals surface area contributed by atoms with Crippen molar-refractivity contribution in [3.05, 3.63) is 72.1 Å². The van der Waals surface area contributed by atoms with Crippen molar-refractivity contribution in [1.29, 1.82) is 0 Å². The van der Waals surface area contributed by atoms with Gasteiger partial charge in [-0.3, -0.25) is 0 Å². The SMILES string of the molecule is FC(F)(F)c1ccc2c(c1)c1cc[n+]2CCCCC[n+]2ccc(c3cc(C(F)(F)F)ccc32)NCCCCCN1.O=C([O-])C(F)(F)F.O=C([O-])C(F)(F)F. The minimum Gasteiger partial charge on any atom is -0.542 e. The largest absolute Gasteiger partial charge is 0.542 e. The van der Waals surface area contributed by atoms with Crippen LogP contribution in [0.5, 0.6) is 0 Å². The summed E-state index contributed by atoms with van der Waals surface area (Å²) in [6.45, 7) is 2.48. The number of aromatic nitrogens is 2. The number of alkyl halides is 12. The van der Waals surface area contributed by atoms with Gasteiger partial charge in [-0.05, 0) is 49.9 Å². The van der Waals surface area contributed by atoms with Crippen molar-refractivity contribution >= 4 is 45.1 Å². The van der Waals surface area contributed by atoms with Gasteiger partial charge >= 0.3 is 24.7 Å². The van der Waals surface area contributed by atoms with Gasteiger partial charge in [-0.15, -0.1) is 0 Å². The summed E-state index contributed by atoms with van der Waals surface area (Å²) < 4.78 is 148. The van der Waals surface area contributed by atoms with Gasteiger partial charge in [0.15, 0.2) is 12.4 Å². The minimum absolute atomic E-state index is 0.549. The first-order valence-electron chi connectivity index (χ1n) is 16.1. The van der Waals surface area contributed by atoms with Crippen molar-refractivity contribution in [2.45, 2.75) is 76.3 Å². The summed E-state index contributed by atoms with van der Waals surface area (Å²) >= 11 is 0. The van der Waals surface area contributed by atoms with Crippen molar-refractivity contribution < 1.29 is 81.6 Å². The molecular weight excluding hydrogens is 756 g/mol. The van der Waals surface area contributed by atoms with E-state index in [1.165, 1.54) is 12.1 Å². The lowest BCUT2D eigenvalue weighted by Gasteiger charge is -2.14. The van der Waals surface area contributed by atoms with Gasteiger partial charge in [0.05, 0.1) is 33.3 Å². The Hall–Kier alpha value is -5.04. The summed E-state index contributed by atoms with van der Waals surface area (Å²) in [4.78, 5) is 17.6. The smallest absolute Gasteiger partial charge is 0.430 e. The number of rotatable bonds is 0. The zero-order valence-electron chi connectivity index (χ0n) is 27.9. The van der Waals surface area contributed by atoms with Crippen LogP contribution in [0.2, 0.25) is 0 Å². The van der Waals surface area contributed by atoms with E-state index >= 15 is 0 Å². The Bertz CT molecular complexity index is 1770. The van der Waals surface area contributed by atoms with Gasteiger partial charge in [-0.25, -0.2) is 0 Å². The lowest BCUT2D eigenvalue weighted by Crippen LogP contribution is -2.37. The number of nitrogens with zero attached hydrogens (tertiary/aromatic N) is 2. The second-order valence-corrected chi connectivity index (χ2v) is 11.9. The molecule has 0 saturated heterocycles. The highest BCUT2D eigenvalue weighted by Crippen LogP contribution is 2.34.